The van der Waals surface area contributed by atoms with Gasteiger partial charge in [-0.1, -0.05) is 0 Å². The molecule has 1 atom stereocenters. The van der Waals surface area contributed by atoms with Gasteiger partial charge in [0.25, 0.3) is 0 Å². The number of aromatic carboxylic acids is 1. The third-order valence-electron chi connectivity index (χ3n) is 2.24. The molecule has 1 unspecified atom stereocenters. The summed E-state index contributed by atoms with van der Waals surface area (Å²) in [5, 5.41) is 19.9. The largest absolute Gasteiger partial charge is 0.478 e. The van der Waals surface area contributed by atoms with Crippen LogP contribution in [-0.2, 0) is 23.6 Å². The Morgan fingerprint density at radius 3 is 2.84 bits per heavy atom. The molecule has 2 aromatic rings. The molecule has 0 spiro atoms. The molecule has 1 N–H and O–H groups in total. The van der Waals surface area contributed by atoms with Crippen molar-refractivity contribution < 1.29 is 18.5 Å². The standard InChI is InChI=1S/C10H9FN4O3S/c1-15-13-9(12-14-15)5-19(18)6-2-3-8(11)7(4-6)10(16)17/h2-4H,5H2,1H3,(H,16,17). The van der Waals surface area contributed by atoms with Crippen LogP contribution in [0.5, 0.6) is 0 Å². The summed E-state index contributed by atoms with van der Waals surface area (Å²) in [6, 6.07) is 3.29. The molecule has 0 aliphatic rings. The summed E-state index contributed by atoms with van der Waals surface area (Å²) < 4.78 is 25.2. The minimum Gasteiger partial charge on any atom is -0.478 e. The first-order valence-corrected chi connectivity index (χ1v) is 6.43. The molecule has 0 aliphatic carbocycles. The highest BCUT2D eigenvalue weighted by atomic mass is 32.2. The number of hydrogen-bond donors (Lipinski definition) is 1. The van der Waals surface area contributed by atoms with E-state index < -0.39 is 28.1 Å². The Bertz CT molecular complexity index is 658. The normalized spacial score (nSPS) is 12.3. The minimum atomic E-state index is -1.56. The Balaban J connectivity index is 2.24. The number of aromatic nitrogens is 4. The number of halogens is 1. The number of aryl methyl sites for hydroxylation is 1. The molecule has 1 aromatic heterocycles. The Morgan fingerprint density at radius 1 is 1.53 bits per heavy atom. The summed E-state index contributed by atoms with van der Waals surface area (Å²) in [6.45, 7) is 0. The fraction of sp³-hybridized carbons (Fsp3) is 0.200. The van der Waals surface area contributed by atoms with Crippen molar-refractivity contribution >= 4 is 16.8 Å². The third kappa shape index (κ3) is 2.99. The van der Waals surface area contributed by atoms with Gasteiger partial charge in [-0.3, -0.25) is 4.21 Å². The van der Waals surface area contributed by atoms with Crippen LogP contribution in [0, 0.1) is 5.82 Å². The molecule has 0 aliphatic heterocycles. The average molecular weight is 284 g/mol. The molecule has 0 radical (unpaired) electrons. The van der Waals surface area contributed by atoms with Gasteiger partial charge in [0.05, 0.1) is 29.2 Å². The zero-order valence-corrected chi connectivity index (χ0v) is 10.6. The molecule has 1 aromatic carbocycles. The maximum Gasteiger partial charge on any atom is 0.338 e. The number of carboxylic acid groups (broad SMARTS) is 1. The molecule has 7 nitrogen and oxygen atoms in total. The Morgan fingerprint density at radius 2 is 2.26 bits per heavy atom. The average Bonchev–Trinajstić information content (AvgIpc) is 2.74. The van der Waals surface area contributed by atoms with Crippen LogP contribution in [0.2, 0.25) is 0 Å². The van der Waals surface area contributed by atoms with Gasteiger partial charge >= 0.3 is 5.97 Å². The summed E-state index contributed by atoms with van der Waals surface area (Å²) in [5.74, 6) is -2.03. The van der Waals surface area contributed by atoms with Crippen molar-refractivity contribution in [2.45, 2.75) is 10.6 Å². The zero-order chi connectivity index (χ0) is 14.0. The lowest BCUT2D eigenvalue weighted by Crippen LogP contribution is -2.04. The lowest BCUT2D eigenvalue weighted by molar-refractivity contribution is 0.0691. The van der Waals surface area contributed by atoms with Gasteiger partial charge in [0.2, 0.25) is 0 Å². The van der Waals surface area contributed by atoms with Gasteiger partial charge in [-0.2, -0.15) is 4.80 Å². The topological polar surface area (TPSA) is 98.0 Å². The van der Waals surface area contributed by atoms with E-state index in [0.29, 0.717) is 0 Å². The van der Waals surface area contributed by atoms with Crippen LogP contribution < -0.4 is 0 Å². The molecule has 19 heavy (non-hydrogen) atoms. The quantitative estimate of drug-likeness (QED) is 0.870. The smallest absolute Gasteiger partial charge is 0.338 e. The number of nitrogens with zero attached hydrogens (tertiary/aromatic N) is 4. The van der Waals surface area contributed by atoms with E-state index in [4.69, 9.17) is 5.11 Å². The van der Waals surface area contributed by atoms with Crippen molar-refractivity contribution in [3.8, 4) is 0 Å². The summed E-state index contributed by atoms with van der Waals surface area (Å²) in [5.41, 5.74) is -0.516. The van der Waals surface area contributed by atoms with Crippen LogP contribution >= 0.6 is 0 Å². The van der Waals surface area contributed by atoms with Gasteiger partial charge < -0.3 is 5.11 Å². The number of tetrazole rings is 1. The van der Waals surface area contributed by atoms with E-state index in [1.807, 2.05) is 0 Å². The fourth-order valence-electron chi connectivity index (χ4n) is 1.39. The van der Waals surface area contributed by atoms with Crippen molar-refractivity contribution in [2.24, 2.45) is 7.05 Å². The molecule has 0 amide bonds. The van der Waals surface area contributed by atoms with Crippen LogP contribution in [0.25, 0.3) is 0 Å². The van der Waals surface area contributed by atoms with E-state index in [0.717, 1.165) is 12.1 Å². The van der Waals surface area contributed by atoms with E-state index in [1.165, 1.54) is 10.9 Å². The molecule has 0 saturated heterocycles. The molecular formula is C10H9FN4O3S. The predicted octanol–water partition coefficient (Wildman–Crippen LogP) is 0.355. The Labute approximate surface area is 109 Å². The van der Waals surface area contributed by atoms with Gasteiger partial charge in [-0.05, 0) is 23.4 Å². The lowest BCUT2D eigenvalue weighted by atomic mass is 10.2. The van der Waals surface area contributed by atoms with Crippen molar-refractivity contribution in [3.63, 3.8) is 0 Å². The minimum absolute atomic E-state index is 0.0153. The summed E-state index contributed by atoms with van der Waals surface area (Å²) >= 11 is 0. The SMILES string of the molecule is Cn1nnc(CS(=O)c2ccc(F)c(C(=O)O)c2)n1. The fourth-order valence-corrected chi connectivity index (χ4v) is 2.38. The van der Waals surface area contributed by atoms with E-state index >= 15 is 0 Å². The maximum absolute atomic E-state index is 13.2. The number of carboxylic acids is 1. The van der Waals surface area contributed by atoms with Crippen LogP contribution in [0.15, 0.2) is 23.1 Å². The first-order valence-electron chi connectivity index (χ1n) is 5.11. The van der Waals surface area contributed by atoms with Crippen molar-refractivity contribution in [1.29, 1.82) is 0 Å². The second-order valence-corrected chi connectivity index (χ2v) is 5.08. The highest BCUT2D eigenvalue weighted by molar-refractivity contribution is 7.84. The summed E-state index contributed by atoms with van der Waals surface area (Å²) in [7, 11) is 0.00482. The Hall–Kier alpha value is -2.16. The Kier molecular flexibility index (Phi) is 3.65. The van der Waals surface area contributed by atoms with E-state index in [1.54, 1.807) is 7.05 Å². The summed E-state index contributed by atoms with van der Waals surface area (Å²) in [6.07, 6.45) is 0. The molecule has 0 fully saturated rings. The third-order valence-corrected chi connectivity index (χ3v) is 3.54. The second-order valence-electron chi connectivity index (χ2n) is 3.63. The van der Waals surface area contributed by atoms with Crippen molar-refractivity contribution in [3.05, 3.63) is 35.4 Å². The monoisotopic (exact) mass is 284 g/mol. The highest BCUT2D eigenvalue weighted by Crippen LogP contribution is 2.15. The molecule has 0 saturated carbocycles. The number of carbonyl (C=O) groups is 1. The van der Waals surface area contributed by atoms with E-state index in [-0.39, 0.29) is 16.5 Å². The maximum atomic E-state index is 13.2. The van der Waals surface area contributed by atoms with Crippen LogP contribution in [0.3, 0.4) is 0 Å². The van der Waals surface area contributed by atoms with E-state index in [9.17, 15) is 13.4 Å². The summed E-state index contributed by atoms with van der Waals surface area (Å²) in [4.78, 5) is 12.2. The molecule has 2 rings (SSSR count). The van der Waals surface area contributed by atoms with Gasteiger partial charge in [-0.25, -0.2) is 9.18 Å². The second kappa shape index (κ2) is 5.22. The molecule has 1 heterocycles. The van der Waals surface area contributed by atoms with Crippen molar-refractivity contribution in [1.82, 2.24) is 20.2 Å². The van der Waals surface area contributed by atoms with Gasteiger partial charge in [0.1, 0.15) is 5.82 Å². The number of benzene rings is 1. The van der Waals surface area contributed by atoms with Gasteiger partial charge in [0, 0.05) is 4.90 Å². The van der Waals surface area contributed by atoms with Gasteiger partial charge in [0.15, 0.2) is 5.82 Å². The first kappa shape index (κ1) is 13.3. The number of rotatable bonds is 4. The van der Waals surface area contributed by atoms with E-state index in [2.05, 4.69) is 15.4 Å². The highest BCUT2D eigenvalue weighted by Gasteiger charge is 2.15. The molecule has 0 bridgehead atoms. The molecule has 9 heteroatoms. The first-order chi connectivity index (χ1) is 8.97. The zero-order valence-electron chi connectivity index (χ0n) is 9.78. The molecule has 100 valence electrons. The van der Waals surface area contributed by atoms with Crippen LogP contribution in [0.1, 0.15) is 16.2 Å². The number of hydrogen-bond acceptors (Lipinski definition) is 5. The molecular weight excluding hydrogens is 275 g/mol. The predicted molar refractivity (Wildman–Crippen MR) is 62.3 cm³/mol. The van der Waals surface area contributed by atoms with Crippen LogP contribution in [0.4, 0.5) is 4.39 Å². The lowest BCUT2D eigenvalue weighted by Gasteiger charge is -2.02. The van der Waals surface area contributed by atoms with Crippen molar-refractivity contribution in [2.75, 3.05) is 0 Å². The van der Waals surface area contributed by atoms with Crippen LogP contribution in [-0.4, -0.2) is 35.5 Å². The van der Waals surface area contributed by atoms with Gasteiger partial charge in [-0.15, -0.1) is 10.2 Å².